The van der Waals surface area contributed by atoms with Crippen LogP contribution >= 0.6 is 0 Å². The second-order valence-corrected chi connectivity index (χ2v) is 3.87. The molecule has 0 saturated carbocycles. The Morgan fingerprint density at radius 1 is 1.79 bits per heavy atom. The van der Waals surface area contributed by atoms with Crippen molar-refractivity contribution in [3.05, 3.63) is 18.0 Å². The van der Waals surface area contributed by atoms with E-state index in [2.05, 4.69) is 5.10 Å². The molecule has 1 aromatic heterocycles. The lowest BCUT2D eigenvalue weighted by atomic mass is 10.0. The highest BCUT2D eigenvalue weighted by Gasteiger charge is 2.24. The molecule has 2 atom stereocenters. The summed E-state index contributed by atoms with van der Waals surface area (Å²) in [4.78, 5) is 0. The Bertz CT molecular complexity index is 292. The predicted molar refractivity (Wildman–Crippen MR) is 51.9 cm³/mol. The molecule has 0 radical (unpaired) electrons. The van der Waals surface area contributed by atoms with Gasteiger partial charge in [-0.25, -0.2) is 0 Å². The Balaban J connectivity index is 1.90. The first kappa shape index (κ1) is 9.68. The van der Waals surface area contributed by atoms with E-state index in [1.807, 2.05) is 19.2 Å². The SMILES string of the molecule is Cc1ccn(CC(O)C2CCOC2)n1. The van der Waals surface area contributed by atoms with Crippen molar-refractivity contribution in [1.82, 2.24) is 9.78 Å². The number of aromatic nitrogens is 2. The van der Waals surface area contributed by atoms with Crippen LogP contribution in [0.2, 0.25) is 0 Å². The van der Waals surface area contributed by atoms with Crippen LogP contribution in [0.4, 0.5) is 0 Å². The van der Waals surface area contributed by atoms with Gasteiger partial charge in [0.2, 0.25) is 0 Å². The van der Waals surface area contributed by atoms with Gasteiger partial charge >= 0.3 is 0 Å². The number of aliphatic hydroxyl groups is 1. The van der Waals surface area contributed by atoms with Gasteiger partial charge in [-0.3, -0.25) is 4.68 Å². The maximum Gasteiger partial charge on any atom is 0.0786 e. The molecule has 0 aromatic carbocycles. The van der Waals surface area contributed by atoms with E-state index in [9.17, 15) is 5.11 Å². The lowest BCUT2D eigenvalue weighted by molar-refractivity contribution is 0.0748. The van der Waals surface area contributed by atoms with Crippen LogP contribution in [0.1, 0.15) is 12.1 Å². The molecule has 1 aliphatic heterocycles. The highest BCUT2D eigenvalue weighted by molar-refractivity contribution is 4.95. The molecule has 0 bridgehead atoms. The fourth-order valence-electron chi connectivity index (χ4n) is 1.76. The lowest BCUT2D eigenvalue weighted by Gasteiger charge is -2.15. The van der Waals surface area contributed by atoms with Crippen LogP contribution in [0.15, 0.2) is 12.3 Å². The summed E-state index contributed by atoms with van der Waals surface area (Å²) in [5.41, 5.74) is 0.986. The van der Waals surface area contributed by atoms with E-state index in [1.165, 1.54) is 0 Å². The van der Waals surface area contributed by atoms with Crippen LogP contribution in [0.3, 0.4) is 0 Å². The van der Waals surface area contributed by atoms with E-state index < -0.39 is 0 Å². The highest BCUT2D eigenvalue weighted by atomic mass is 16.5. The molecule has 2 heterocycles. The van der Waals surface area contributed by atoms with Gasteiger partial charge in [-0.1, -0.05) is 0 Å². The van der Waals surface area contributed by atoms with Gasteiger partial charge in [0.15, 0.2) is 0 Å². The Morgan fingerprint density at radius 3 is 3.21 bits per heavy atom. The zero-order valence-electron chi connectivity index (χ0n) is 8.39. The van der Waals surface area contributed by atoms with Gasteiger partial charge in [-0.05, 0) is 19.4 Å². The van der Waals surface area contributed by atoms with Crippen LogP contribution in [0, 0.1) is 12.8 Å². The smallest absolute Gasteiger partial charge is 0.0786 e. The molecule has 1 fully saturated rings. The van der Waals surface area contributed by atoms with Gasteiger partial charge < -0.3 is 9.84 Å². The van der Waals surface area contributed by atoms with Gasteiger partial charge in [-0.15, -0.1) is 0 Å². The van der Waals surface area contributed by atoms with Crippen LogP contribution in [0.25, 0.3) is 0 Å². The topological polar surface area (TPSA) is 47.3 Å². The Kier molecular flexibility index (Phi) is 2.84. The first-order chi connectivity index (χ1) is 6.75. The minimum absolute atomic E-state index is 0.277. The molecule has 2 rings (SSSR count). The summed E-state index contributed by atoms with van der Waals surface area (Å²) in [5.74, 6) is 0.277. The second kappa shape index (κ2) is 4.11. The molecular weight excluding hydrogens is 180 g/mol. The van der Waals surface area contributed by atoms with Gasteiger partial charge in [0.05, 0.1) is 24.9 Å². The van der Waals surface area contributed by atoms with Crippen LogP contribution in [0.5, 0.6) is 0 Å². The Morgan fingerprint density at radius 2 is 2.64 bits per heavy atom. The standard InChI is InChI=1S/C10H16N2O2/c1-8-2-4-12(11-8)6-10(13)9-3-5-14-7-9/h2,4,9-10,13H,3,5-7H2,1H3. The van der Waals surface area contributed by atoms with Crippen molar-refractivity contribution in [3.63, 3.8) is 0 Å². The lowest BCUT2D eigenvalue weighted by Crippen LogP contribution is -2.26. The highest BCUT2D eigenvalue weighted by Crippen LogP contribution is 2.17. The summed E-state index contributed by atoms with van der Waals surface area (Å²) in [7, 11) is 0. The fraction of sp³-hybridized carbons (Fsp3) is 0.700. The molecule has 1 aliphatic rings. The average molecular weight is 196 g/mol. The van der Waals surface area contributed by atoms with E-state index in [0.29, 0.717) is 13.2 Å². The molecule has 14 heavy (non-hydrogen) atoms. The minimum Gasteiger partial charge on any atom is -0.391 e. The molecule has 2 unspecified atom stereocenters. The van der Waals surface area contributed by atoms with Crippen molar-refractivity contribution in [2.45, 2.75) is 26.0 Å². The molecule has 1 aromatic rings. The van der Waals surface area contributed by atoms with E-state index in [1.54, 1.807) is 4.68 Å². The molecule has 1 saturated heterocycles. The van der Waals surface area contributed by atoms with Crippen molar-refractivity contribution in [1.29, 1.82) is 0 Å². The van der Waals surface area contributed by atoms with Crippen molar-refractivity contribution in [2.75, 3.05) is 13.2 Å². The van der Waals surface area contributed by atoms with E-state index in [4.69, 9.17) is 4.74 Å². The third-order valence-electron chi connectivity index (χ3n) is 2.66. The van der Waals surface area contributed by atoms with Crippen molar-refractivity contribution in [3.8, 4) is 0 Å². The van der Waals surface area contributed by atoms with Gasteiger partial charge in [-0.2, -0.15) is 5.10 Å². The number of aryl methyl sites for hydroxylation is 1. The summed E-state index contributed by atoms with van der Waals surface area (Å²) in [6.45, 7) is 3.98. The monoisotopic (exact) mass is 196 g/mol. The van der Waals surface area contributed by atoms with Crippen molar-refractivity contribution < 1.29 is 9.84 Å². The number of nitrogens with zero attached hydrogens (tertiary/aromatic N) is 2. The van der Waals surface area contributed by atoms with Crippen LogP contribution in [-0.2, 0) is 11.3 Å². The summed E-state index contributed by atoms with van der Waals surface area (Å²) >= 11 is 0. The Hall–Kier alpha value is -0.870. The third-order valence-corrected chi connectivity index (χ3v) is 2.66. The van der Waals surface area contributed by atoms with E-state index in [-0.39, 0.29) is 12.0 Å². The first-order valence-corrected chi connectivity index (χ1v) is 5.01. The summed E-state index contributed by atoms with van der Waals surface area (Å²) in [6, 6.07) is 1.94. The molecule has 0 spiro atoms. The predicted octanol–water partition coefficient (Wildman–Crippen LogP) is 0.589. The van der Waals surface area contributed by atoms with Gasteiger partial charge in [0, 0.05) is 18.7 Å². The van der Waals surface area contributed by atoms with Crippen LogP contribution in [-0.4, -0.2) is 34.2 Å². The zero-order valence-corrected chi connectivity index (χ0v) is 8.39. The molecule has 0 aliphatic carbocycles. The van der Waals surface area contributed by atoms with E-state index in [0.717, 1.165) is 18.7 Å². The molecule has 78 valence electrons. The Labute approximate surface area is 83.5 Å². The molecule has 0 amide bonds. The maximum absolute atomic E-state index is 9.87. The first-order valence-electron chi connectivity index (χ1n) is 5.01. The molecule has 4 heteroatoms. The zero-order chi connectivity index (χ0) is 9.97. The fourth-order valence-corrected chi connectivity index (χ4v) is 1.76. The molecule has 1 N–H and O–H groups in total. The summed E-state index contributed by atoms with van der Waals surface area (Å²) in [5, 5.41) is 14.1. The third kappa shape index (κ3) is 2.13. The second-order valence-electron chi connectivity index (χ2n) is 3.87. The van der Waals surface area contributed by atoms with Crippen LogP contribution < -0.4 is 0 Å². The van der Waals surface area contributed by atoms with Crippen molar-refractivity contribution >= 4 is 0 Å². The molecule has 4 nitrogen and oxygen atoms in total. The van der Waals surface area contributed by atoms with Gasteiger partial charge in [0.25, 0.3) is 0 Å². The maximum atomic E-state index is 9.87. The molecular formula is C10H16N2O2. The largest absolute Gasteiger partial charge is 0.391 e. The quantitative estimate of drug-likeness (QED) is 0.769. The number of hydrogen-bond acceptors (Lipinski definition) is 3. The number of ether oxygens (including phenoxy) is 1. The normalized spacial score (nSPS) is 24.0. The van der Waals surface area contributed by atoms with Gasteiger partial charge in [0.1, 0.15) is 0 Å². The number of aliphatic hydroxyl groups excluding tert-OH is 1. The minimum atomic E-state index is -0.336. The summed E-state index contributed by atoms with van der Waals surface area (Å²) < 4.78 is 7.02. The number of hydrogen-bond donors (Lipinski definition) is 1. The summed E-state index contributed by atoms with van der Waals surface area (Å²) in [6.07, 6.45) is 2.52. The number of rotatable bonds is 3. The van der Waals surface area contributed by atoms with E-state index >= 15 is 0 Å². The average Bonchev–Trinajstić information content (AvgIpc) is 2.75. The van der Waals surface area contributed by atoms with Crippen molar-refractivity contribution in [2.24, 2.45) is 5.92 Å².